The minimum absolute atomic E-state index is 0.0584. The highest BCUT2D eigenvalue weighted by Crippen LogP contribution is 2.28. The molecular formula is C22H24N4O2. The first-order valence-electron chi connectivity index (χ1n) is 9.62. The molecule has 28 heavy (non-hydrogen) atoms. The zero-order valence-electron chi connectivity index (χ0n) is 16.2. The number of aryl methyl sites for hydroxylation is 2. The lowest BCUT2D eigenvalue weighted by atomic mass is 9.98. The number of carbonyl (C=O) groups is 1. The van der Waals surface area contributed by atoms with Gasteiger partial charge in [0.25, 0.3) is 0 Å². The molecule has 1 aromatic heterocycles. The van der Waals surface area contributed by atoms with Gasteiger partial charge in [0.2, 0.25) is 11.7 Å². The van der Waals surface area contributed by atoms with Crippen LogP contribution < -0.4 is 5.32 Å². The zero-order valence-corrected chi connectivity index (χ0v) is 16.2. The van der Waals surface area contributed by atoms with Gasteiger partial charge in [-0.15, -0.1) is 0 Å². The Morgan fingerprint density at radius 2 is 1.93 bits per heavy atom. The molecule has 2 amide bonds. The van der Waals surface area contributed by atoms with Crippen LogP contribution in [0.5, 0.6) is 0 Å². The molecule has 2 heterocycles. The van der Waals surface area contributed by atoms with Crippen LogP contribution >= 0.6 is 0 Å². The van der Waals surface area contributed by atoms with Crippen LogP contribution in [0, 0.1) is 13.8 Å². The van der Waals surface area contributed by atoms with E-state index in [1.54, 1.807) is 0 Å². The molecule has 6 nitrogen and oxygen atoms in total. The van der Waals surface area contributed by atoms with Gasteiger partial charge in [0, 0.05) is 24.3 Å². The summed E-state index contributed by atoms with van der Waals surface area (Å²) in [6.07, 6.45) is 1.84. The highest BCUT2D eigenvalue weighted by molar-refractivity contribution is 5.89. The summed E-state index contributed by atoms with van der Waals surface area (Å²) in [5.41, 5.74) is 4.02. The summed E-state index contributed by atoms with van der Waals surface area (Å²) in [7, 11) is 0. The molecule has 1 atom stereocenters. The molecule has 1 unspecified atom stereocenters. The van der Waals surface area contributed by atoms with Gasteiger partial charge in [-0.05, 0) is 50.5 Å². The van der Waals surface area contributed by atoms with Gasteiger partial charge in [0.1, 0.15) is 0 Å². The second-order valence-electron chi connectivity index (χ2n) is 7.41. The molecule has 0 bridgehead atoms. The van der Waals surface area contributed by atoms with Crippen molar-refractivity contribution in [3.63, 3.8) is 0 Å². The standard InChI is InChI=1S/C22H24N4O2/c1-15-6-3-8-17(12-15)20-24-21(28-25-20)18-9-5-11-26(14-18)22(27)23-19-10-4-7-16(2)13-19/h3-4,6-8,10,12-13,18H,5,9,11,14H2,1-2H3,(H,23,27). The highest BCUT2D eigenvalue weighted by Gasteiger charge is 2.28. The number of benzene rings is 2. The lowest BCUT2D eigenvalue weighted by Gasteiger charge is -2.31. The van der Waals surface area contributed by atoms with Crippen molar-refractivity contribution in [3.05, 3.63) is 65.5 Å². The van der Waals surface area contributed by atoms with Crippen LogP contribution in [0.4, 0.5) is 10.5 Å². The number of hydrogen-bond acceptors (Lipinski definition) is 4. The molecule has 1 saturated heterocycles. The van der Waals surface area contributed by atoms with Gasteiger partial charge in [0.05, 0.1) is 5.92 Å². The number of carbonyl (C=O) groups excluding carboxylic acids is 1. The highest BCUT2D eigenvalue weighted by atomic mass is 16.5. The van der Waals surface area contributed by atoms with Crippen LogP contribution in [-0.4, -0.2) is 34.2 Å². The Kier molecular flexibility index (Phi) is 5.10. The van der Waals surface area contributed by atoms with Crippen molar-refractivity contribution < 1.29 is 9.32 Å². The van der Waals surface area contributed by atoms with E-state index in [0.717, 1.165) is 41.8 Å². The third-order valence-corrected chi connectivity index (χ3v) is 5.05. The Morgan fingerprint density at radius 1 is 1.14 bits per heavy atom. The van der Waals surface area contributed by atoms with Crippen LogP contribution in [0.25, 0.3) is 11.4 Å². The average molecular weight is 376 g/mol. The molecule has 1 aliphatic rings. The number of hydrogen-bond donors (Lipinski definition) is 1. The molecule has 0 aliphatic carbocycles. The predicted octanol–water partition coefficient (Wildman–Crippen LogP) is 4.76. The number of rotatable bonds is 3. The maximum Gasteiger partial charge on any atom is 0.321 e. The van der Waals surface area contributed by atoms with Gasteiger partial charge in [-0.25, -0.2) is 4.79 Å². The summed E-state index contributed by atoms with van der Waals surface area (Å²) < 4.78 is 5.54. The van der Waals surface area contributed by atoms with E-state index in [1.807, 2.05) is 67.3 Å². The fraction of sp³-hybridized carbons (Fsp3) is 0.318. The van der Waals surface area contributed by atoms with E-state index in [9.17, 15) is 4.79 Å². The zero-order chi connectivity index (χ0) is 19.5. The maximum absolute atomic E-state index is 12.7. The fourth-order valence-corrected chi connectivity index (χ4v) is 3.59. The number of anilines is 1. The Bertz CT molecular complexity index is 982. The number of aromatic nitrogens is 2. The third kappa shape index (κ3) is 4.06. The molecule has 0 saturated carbocycles. The van der Waals surface area contributed by atoms with E-state index in [1.165, 1.54) is 0 Å². The van der Waals surface area contributed by atoms with Crippen molar-refractivity contribution in [1.29, 1.82) is 0 Å². The quantitative estimate of drug-likeness (QED) is 0.715. The Morgan fingerprint density at radius 3 is 2.71 bits per heavy atom. The second kappa shape index (κ2) is 7.84. The van der Waals surface area contributed by atoms with Gasteiger partial charge < -0.3 is 14.7 Å². The van der Waals surface area contributed by atoms with E-state index in [4.69, 9.17) is 4.52 Å². The molecule has 4 rings (SSSR count). The SMILES string of the molecule is Cc1cccc(NC(=O)N2CCCC(c3nc(-c4cccc(C)c4)no3)C2)c1. The van der Waals surface area contributed by atoms with Gasteiger partial charge in [-0.2, -0.15) is 4.98 Å². The molecule has 144 valence electrons. The summed E-state index contributed by atoms with van der Waals surface area (Å²) in [6.45, 7) is 5.35. The summed E-state index contributed by atoms with van der Waals surface area (Å²) in [4.78, 5) is 19.1. The normalized spacial score (nSPS) is 16.8. The maximum atomic E-state index is 12.7. The first-order chi connectivity index (χ1) is 13.6. The van der Waals surface area contributed by atoms with E-state index < -0.39 is 0 Å². The molecule has 0 radical (unpaired) electrons. The Labute approximate surface area is 164 Å². The van der Waals surface area contributed by atoms with Crippen LogP contribution in [-0.2, 0) is 0 Å². The van der Waals surface area contributed by atoms with E-state index in [0.29, 0.717) is 18.3 Å². The number of likely N-dealkylation sites (tertiary alicyclic amines) is 1. The molecule has 1 aliphatic heterocycles. The summed E-state index contributed by atoms with van der Waals surface area (Å²) in [6, 6.07) is 15.8. The van der Waals surface area contributed by atoms with Crippen molar-refractivity contribution in [2.75, 3.05) is 18.4 Å². The van der Waals surface area contributed by atoms with Gasteiger partial charge in [-0.3, -0.25) is 0 Å². The van der Waals surface area contributed by atoms with Crippen molar-refractivity contribution in [1.82, 2.24) is 15.0 Å². The number of urea groups is 1. The van der Waals surface area contributed by atoms with Crippen LogP contribution in [0.2, 0.25) is 0 Å². The van der Waals surface area contributed by atoms with Gasteiger partial charge >= 0.3 is 6.03 Å². The number of amides is 2. The van der Waals surface area contributed by atoms with Crippen molar-refractivity contribution >= 4 is 11.7 Å². The fourth-order valence-electron chi connectivity index (χ4n) is 3.59. The smallest absolute Gasteiger partial charge is 0.321 e. The topological polar surface area (TPSA) is 71.3 Å². The lowest BCUT2D eigenvalue weighted by molar-refractivity contribution is 0.184. The molecule has 2 aromatic carbocycles. The van der Waals surface area contributed by atoms with Gasteiger partial charge in [-0.1, -0.05) is 41.1 Å². The third-order valence-electron chi connectivity index (χ3n) is 5.05. The number of nitrogens with zero attached hydrogens (tertiary/aromatic N) is 3. The van der Waals surface area contributed by atoms with Crippen molar-refractivity contribution in [2.45, 2.75) is 32.6 Å². The number of nitrogens with one attached hydrogen (secondary N) is 1. The van der Waals surface area contributed by atoms with Crippen LogP contribution in [0.1, 0.15) is 35.8 Å². The largest absolute Gasteiger partial charge is 0.339 e. The van der Waals surface area contributed by atoms with Crippen LogP contribution in [0.3, 0.4) is 0 Å². The molecule has 3 aromatic rings. The summed E-state index contributed by atoms with van der Waals surface area (Å²) in [5.74, 6) is 1.26. The Hall–Kier alpha value is -3.15. The van der Waals surface area contributed by atoms with Gasteiger partial charge in [0.15, 0.2) is 0 Å². The van der Waals surface area contributed by atoms with Crippen LogP contribution in [0.15, 0.2) is 53.1 Å². The van der Waals surface area contributed by atoms with E-state index in [-0.39, 0.29) is 11.9 Å². The molecular weight excluding hydrogens is 352 g/mol. The van der Waals surface area contributed by atoms with E-state index in [2.05, 4.69) is 15.5 Å². The predicted molar refractivity (Wildman–Crippen MR) is 108 cm³/mol. The lowest BCUT2D eigenvalue weighted by Crippen LogP contribution is -2.41. The monoisotopic (exact) mass is 376 g/mol. The summed E-state index contributed by atoms with van der Waals surface area (Å²) in [5, 5.41) is 7.13. The van der Waals surface area contributed by atoms with E-state index >= 15 is 0 Å². The summed E-state index contributed by atoms with van der Waals surface area (Å²) >= 11 is 0. The minimum atomic E-state index is -0.0891. The number of piperidine rings is 1. The first kappa shape index (κ1) is 18.2. The average Bonchev–Trinajstić information content (AvgIpc) is 3.18. The van der Waals surface area contributed by atoms with Crippen molar-refractivity contribution in [2.24, 2.45) is 0 Å². The molecule has 1 N–H and O–H groups in total. The Balaban J connectivity index is 1.44. The molecule has 6 heteroatoms. The second-order valence-corrected chi connectivity index (χ2v) is 7.41. The molecule has 1 fully saturated rings. The van der Waals surface area contributed by atoms with Crippen molar-refractivity contribution in [3.8, 4) is 11.4 Å². The first-order valence-corrected chi connectivity index (χ1v) is 9.62. The minimum Gasteiger partial charge on any atom is -0.339 e. The molecule has 0 spiro atoms.